The van der Waals surface area contributed by atoms with Crippen LogP contribution >= 0.6 is 22.0 Å². The Morgan fingerprint density at radius 2 is 1.63 bits per heavy atom. The van der Waals surface area contributed by atoms with Gasteiger partial charge in [-0.3, -0.25) is 0 Å². The number of rotatable bonds is 2. The highest BCUT2D eigenvalue weighted by molar-refractivity contribution is 8.15. The Labute approximate surface area is 115 Å². The highest BCUT2D eigenvalue weighted by Crippen LogP contribution is 2.33. The van der Waals surface area contributed by atoms with E-state index in [1.165, 1.54) is 23.6 Å². The number of hydrogen-bond donors (Lipinski definition) is 0. The molecule has 2 aromatic rings. The van der Waals surface area contributed by atoms with Crippen LogP contribution in [0.15, 0.2) is 39.9 Å². The van der Waals surface area contributed by atoms with Crippen LogP contribution in [0.5, 0.6) is 0 Å². The van der Waals surface area contributed by atoms with E-state index in [9.17, 15) is 21.6 Å². The van der Waals surface area contributed by atoms with Crippen molar-refractivity contribution in [3.8, 4) is 11.1 Å². The molecule has 1 aromatic heterocycles. The van der Waals surface area contributed by atoms with Crippen molar-refractivity contribution in [2.24, 2.45) is 0 Å². The maximum atomic E-state index is 12.4. The normalized spacial score (nSPS) is 12.6. The van der Waals surface area contributed by atoms with Gasteiger partial charge in [0.1, 0.15) is 4.21 Å². The molecule has 0 spiro atoms. The molecule has 2 rings (SSSR count). The van der Waals surface area contributed by atoms with Crippen molar-refractivity contribution in [2.45, 2.75) is 10.4 Å². The fraction of sp³-hybridized carbons (Fsp3) is 0.0909. The zero-order valence-electron chi connectivity index (χ0n) is 9.11. The summed E-state index contributed by atoms with van der Waals surface area (Å²) in [6.45, 7) is 0. The Kier molecular flexibility index (Phi) is 3.63. The fourth-order valence-electron chi connectivity index (χ4n) is 1.45. The standard InChI is InChI=1S/C11H6ClF3O2S2/c12-19(16,17)10-5-8(6-18-10)7-1-3-9(4-2-7)11(13,14)15/h1-6H. The Balaban J connectivity index is 2.36. The van der Waals surface area contributed by atoms with E-state index in [1.54, 1.807) is 0 Å². The van der Waals surface area contributed by atoms with Gasteiger partial charge in [0, 0.05) is 10.7 Å². The number of halogens is 4. The number of benzene rings is 1. The summed E-state index contributed by atoms with van der Waals surface area (Å²) in [5.74, 6) is 0. The van der Waals surface area contributed by atoms with Crippen LogP contribution in [0.4, 0.5) is 13.2 Å². The summed E-state index contributed by atoms with van der Waals surface area (Å²) in [4.78, 5) is 0. The molecule has 8 heteroatoms. The van der Waals surface area contributed by atoms with Crippen LogP contribution in [0.1, 0.15) is 5.56 Å². The summed E-state index contributed by atoms with van der Waals surface area (Å²) in [7, 11) is 1.37. The van der Waals surface area contributed by atoms with Gasteiger partial charge in [-0.15, -0.1) is 11.3 Å². The van der Waals surface area contributed by atoms with Crippen molar-refractivity contribution >= 4 is 31.1 Å². The summed E-state index contributed by atoms with van der Waals surface area (Å²) < 4.78 is 59.3. The Hall–Kier alpha value is -1.05. The average Bonchev–Trinajstić information content (AvgIpc) is 2.77. The van der Waals surface area contributed by atoms with Gasteiger partial charge in [-0.2, -0.15) is 13.2 Å². The van der Waals surface area contributed by atoms with E-state index >= 15 is 0 Å². The first-order chi connectivity index (χ1) is 8.68. The first-order valence-electron chi connectivity index (χ1n) is 4.89. The summed E-state index contributed by atoms with van der Waals surface area (Å²) >= 11 is 0.919. The van der Waals surface area contributed by atoms with E-state index in [1.807, 2.05) is 0 Å². The molecule has 0 atom stereocenters. The topological polar surface area (TPSA) is 34.1 Å². The van der Waals surface area contributed by atoms with E-state index < -0.39 is 20.8 Å². The molecule has 0 bridgehead atoms. The van der Waals surface area contributed by atoms with Gasteiger partial charge >= 0.3 is 6.18 Å². The SMILES string of the molecule is O=S(=O)(Cl)c1cc(-c2ccc(C(F)(F)F)cc2)cs1. The molecule has 0 amide bonds. The molecular formula is C11H6ClF3O2S2. The summed E-state index contributed by atoms with van der Waals surface area (Å²) in [6.07, 6.45) is -4.39. The van der Waals surface area contributed by atoms with E-state index in [4.69, 9.17) is 10.7 Å². The third kappa shape index (κ3) is 3.29. The molecule has 0 radical (unpaired) electrons. The van der Waals surface area contributed by atoms with Crippen molar-refractivity contribution in [3.63, 3.8) is 0 Å². The third-order valence-electron chi connectivity index (χ3n) is 2.36. The highest BCUT2D eigenvalue weighted by Gasteiger charge is 2.30. The first kappa shape index (κ1) is 14.4. The molecule has 0 aliphatic heterocycles. The van der Waals surface area contributed by atoms with Gasteiger partial charge in [0.2, 0.25) is 0 Å². The molecule has 0 aliphatic carbocycles. The molecule has 0 saturated carbocycles. The van der Waals surface area contributed by atoms with Crippen LogP contribution in [-0.2, 0) is 15.2 Å². The lowest BCUT2D eigenvalue weighted by Crippen LogP contribution is -2.03. The minimum Gasteiger partial charge on any atom is -0.206 e. The van der Waals surface area contributed by atoms with Gasteiger partial charge in [0.25, 0.3) is 9.05 Å². The predicted molar refractivity (Wildman–Crippen MR) is 67.8 cm³/mol. The second-order valence-corrected chi connectivity index (χ2v) is 7.37. The Bertz CT molecular complexity index is 687. The molecule has 0 N–H and O–H groups in total. The van der Waals surface area contributed by atoms with Crippen molar-refractivity contribution in [1.29, 1.82) is 0 Å². The minimum absolute atomic E-state index is 0.0379. The molecule has 19 heavy (non-hydrogen) atoms. The van der Waals surface area contributed by atoms with Crippen LogP contribution in [0.2, 0.25) is 0 Å². The summed E-state index contributed by atoms with van der Waals surface area (Å²) in [5, 5.41) is 1.53. The number of hydrogen-bond acceptors (Lipinski definition) is 3. The fourth-order valence-corrected chi connectivity index (χ4v) is 3.42. The van der Waals surface area contributed by atoms with Crippen LogP contribution in [0.25, 0.3) is 11.1 Å². The second kappa shape index (κ2) is 4.81. The van der Waals surface area contributed by atoms with Gasteiger partial charge in [-0.05, 0) is 34.7 Å². The molecule has 1 heterocycles. The van der Waals surface area contributed by atoms with Crippen molar-refractivity contribution in [1.82, 2.24) is 0 Å². The molecule has 0 aliphatic rings. The van der Waals surface area contributed by atoms with E-state index in [2.05, 4.69) is 0 Å². The lowest BCUT2D eigenvalue weighted by atomic mass is 10.1. The lowest BCUT2D eigenvalue weighted by Gasteiger charge is -2.06. The maximum absolute atomic E-state index is 12.4. The van der Waals surface area contributed by atoms with Gasteiger partial charge < -0.3 is 0 Å². The van der Waals surface area contributed by atoms with Crippen LogP contribution in [0.3, 0.4) is 0 Å². The van der Waals surface area contributed by atoms with Crippen molar-refractivity contribution in [2.75, 3.05) is 0 Å². The maximum Gasteiger partial charge on any atom is 0.416 e. The molecule has 0 saturated heterocycles. The summed E-state index contributed by atoms with van der Waals surface area (Å²) in [5.41, 5.74) is 0.255. The highest BCUT2D eigenvalue weighted by atomic mass is 35.7. The van der Waals surface area contributed by atoms with Gasteiger partial charge in [0.05, 0.1) is 5.56 Å². The average molecular weight is 327 g/mol. The summed E-state index contributed by atoms with van der Waals surface area (Å²) in [6, 6.07) is 5.80. The van der Waals surface area contributed by atoms with Crippen LogP contribution < -0.4 is 0 Å². The Morgan fingerprint density at radius 3 is 2.05 bits per heavy atom. The zero-order valence-corrected chi connectivity index (χ0v) is 11.5. The number of thiophene rings is 1. The quantitative estimate of drug-likeness (QED) is 0.768. The third-order valence-corrected chi connectivity index (χ3v) is 5.40. The van der Waals surface area contributed by atoms with Crippen molar-refractivity contribution in [3.05, 3.63) is 41.3 Å². The molecule has 2 nitrogen and oxygen atoms in total. The lowest BCUT2D eigenvalue weighted by molar-refractivity contribution is -0.137. The van der Waals surface area contributed by atoms with Crippen LogP contribution in [0, 0.1) is 0 Å². The van der Waals surface area contributed by atoms with E-state index in [0.29, 0.717) is 11.1 Å². The van der Waals surface area contributed by atoms with E-state index in [-0.39, 0.29) is 4.21 Å². The second-order valence-electron chi connectivity index (χ2n) is 3.67. The smallest absolute Gasteiger partial charge is 0.206 e. The molecule has 0 unspecified atom stereocenters. The van der Waals surface area contributed by atoms with Crippen LogP contribution in [-0.4, -0.2) is 8.42 Å². The van der Waals surface area contributed by atoms with Gasteiger partial charge in [-0.25, -0.2) is 8.42 Å². The molecule has 1 aromatic carbocycles. The largest absolute Gasteiger partial charge is 0.416 e. The van der Waals surface area contributed by atoms with E-state index in [0.717, 1.165) is 23.5 Å². The molecule has 0 fully saturated rings. The Morgan fingerprint density at radius 1 is 1.05 bits per heavy atom. The molecular weight excluding hydrogens is 321 g/mol. The minimum atomic E-state index is -4.39. The van der Waals surface area contributed by atoms with Crippen molar-refractivity contribution < 1.29 is 21.6 Å². The zero-order chi connectivity index (χ0) is 14.3. The van der Waals surface area contributed by atoms with Gasteiger partial charge in [-0.1, -0.05) is 12.1 Å². The number of alkyl halides is 3. The van der Waals surface area contributed by atoms with Gasteiger partial charge in [0.15, 0.2) is 0 Å². The molecule has 102 valence electrons. The predicted octanol–water partition coefficient (Wildman–Crippen LogP) is 4.36. The first-order valence-corrected chi connectivity index (χ1v) is 8.07. The monoisotopic (exact) mass is 326 g/mol.